The molecule has 2 aliphatic heterocycles. The Labute approximate surface area is 150 Å². The van der Waals surface area contributed by atoms with Crippen LogP contribution in [0.5, 0.6) is 0 Å². The van der Waals surface area contributed by atoms with Crippen molar-refractivity contribution < 1.29 is 4.79 Å². The van der Waals surface area contributed by atoms with Crippen molar-refractivity contribution in [3.05, 3.63) is 52.5 Å². The monoisotopic (exact) mass is 356 g/mol. The Hall–Kier alpha value is -1.78. The maximum Gasteiger partial charge on any atom is 0.253 e. The molecule has 4 rings (SSSR count). The number of hydrogen-bond donors (Lipinski definition) is 0. The van der Waals surface area contributed by atoms with Crippen molar-refractivity contribution in [1.82, 2.24) is 4.90 Å². The molecule has 0 unspecified atom stereocenters. The summed E-state index contributed by atoms with van der Waals surface area (Å²) in [5, 5.41) is 0.708. The number of rotatable bonds is 1. The summed E-state index contributed by atoms with van der Waals surface area (Å²) in [6.07, 6.45) is 2.19. The van der Waals surface area contributed by atoms with Crippen LogP contribution >= 0.6 is 23.4 Å². The van der Waals surface area contributed by atoms with Crippen molar-refractivity contribution in [2.45, 2.75) is 29.6 Å². The van der Waals surface area contributed by atoms with Gasteiger partial charge in [0.25, 0.3) is 5.91 Å². The van der Waals surface area contributed by atoms with Crippen molar-refractivity contribution in [3.63, 3.8) is 0 Å². The van der Waals surface area contributed by atoms with Gasteiger partial charge in [-0.1, -0.05) is 23.4 Å². The van der Waals surface area contributed by atoms with Crippen molar-refractivity contribution in [3.8, 4) is 0 Å². The molecule has 0 atom stereocenters. The lowest BCUT2D eigenvalue weighted by Crippen LogP contribution is -2.27. The third-order valence-electron chi connectivity index (χ3n) is 4.44. The minimum absolute atomic E-state index is 0.109. The lowest BCUT2D eigenvalue weighted by atomic mass is 10.1. The van der Waals surface area contributed by atoms with E-state index in [0.29, 0.717) is 5.02 Å². The second kappa shape index (κ2) is 6.26. The Morgan fingerprint density at radius 1 is 1.12 bits per heavy atom. The second-order valence-corrected chi connectivity index (χ2v) is 7.64. The summed E-state index contributed by atoms with van der Waals surface area (Å²) in [4.78, 5) is 21.5. The van der Waals surface area contributed by atoms with E-state index in [9.17, 15) is 4.79 Å². The molecule has 122 valence electrons. The Morgan fingerprint density at radius 2 is 1.88 bits per heavy atom. The van der Waals surface area contributed by atoms with E-state index in [1.54, 1.807) is 11.8 Å². The van der Waals surface area contributed by atoms with E-state index in [2.05, 4.69) is 0 Å². The number of aliphatic imine (C=N–C) groups is 1. The number of likely N-dealkylation sites (tertiary alicyclic amines) is 1. The van der Waals surface area contributed by atoms with Crippen molar-refractivity contribution >= 4 is 40.7 Å². The van der Waals surface area contributed by atoms with Gasteiger partial charge in [0.05, 0.1) is 5.69 Å². The highest BCUT2D eigenvalue weighted by Gasteiger charge is 2.22. The quantitative estimate of drug-likeness (QED) is 0.705. The van der Waals surface area contributed by atoms with E-state index in [-0.39, 0.29) is 5.91 Å². The van der Waals surface area contributed by atoms with Crippen LogP contribution in [0, 0.1) is 0 Å². The average Bonchev–Trinajstić information content (AvgIpc) is 3.07. The Kier molecular flexibility index (Phi) is 4.10. The number of halogens is 1. The first kappa shape index (κ1) is 15.7. The topological polar surface area (TPSA) is 32.7 Å². The SMILES string of the molecule is CC1=Nc2cc(C(=O)N3CCCC3)ccc2Sc2ccc(Cl)cc21. The fourth-order valence-electron chi connectivity index (χ4n) is 3.16. The van der Waals surface area contributed by atoms with Crippen LogP contribution in [-0.4, -0.2) is 29.6 Å². The largest absolute Gasteiger partial charge is 0.339 e. The van der Waals surface area contributed by atoms with Crippen LogP contribution in [0.4, 0.5) is 5.69 Å². The highest BCUT2D eigenvalue weighted by Crippen LogP contribution is 2.41. The van der Waals surface area contributed by atoms with Crippen LogP contribution in [0.3, 0.4) is 0 Å². The minimum Gasteiger partial charge on any atom is -0.339 e. The van der Waals surface area contributed by atoms with Crippen LogP contribution in [0.25, 0.3) is 0 Å². The van der Waals surface area contributed by atoms with Gasteiger partial charge in [-0.25, -0.2) is 0 Å². The maximum absolute atomic E-state index is 12.6. The summed E-state index contributed by atoms with van der Waals surface area (Å²) < 4.78 is 0. The summed E-state index contributed by atoms with van der Waals surface area (Å²) >= 11 is 7.80. The zero-order valence-corrected chi connectivity index (χ0v) is 15.0. The average molecular weight is 357 g/mol. The predicted molar refractivity (Wildman–Crippen MR) is 99.0 cm³/mol. The van der Waals surface area contributed by atoms with Crippen LogP contribution < -0.4 is 0 Å². The summed E-state index contributed by atoms with van der Waals surface area (Å²) in [7, 11) is 0. The molecule has 0 aromatic heterocycles. The summed E-state index contributed by atoms with van der Waals surface area (Å²) in [5.74, 6) is 0.109. The zero-order chi connectivity index (χ0) is 16.7. The normalized spacial score (nSPS) is 16.2. The molecule has 2 aliphatic rings. The van der Waals surface area contributed by atoms with Gasteiger partial charge in [-0.2, -0.15) is 0 Å². The van der Waals surface area contributed by atoms with Crippen molar-refractivity contribution in [2.24, 2.45) is 4.99 Å². The third kappa shape index (κ3) is 2.85. The van der Waals surface area contributed by atoms with Gasteiger partial charge in [-0.05, 0) is 56.2 Å². The van der Waals surface area contributed by atoms with Crippen LogP contribution in [0.1, 0.15) is 35.7 Å². The van der Waals surface area contributed by atoms with Crippen LogP contribution in [0.2, 0.25) is 5.02 Å². The molecular formula is C19H17ClN2OS. The first-order chi connectivity index (χ1) is 11.6. The molecule has 24 heavy (non-hydrogen) atoms. The molecule has 0 radical (unpaired) electrons. The lowest BCUT2D eigenvalue weighted by molar-refractivity contribution is 0.0793. The molecule has 5 heteroatoms. The molecule has 0 aliphatic carbocycles. The second-order valence-electron chi connectivity index (χ2n) is 6.12. The van der Waals surface area contributed by atoms with E-state index < -0.39 is 0 Å². The molecule has 3 nitrogen and oxygen atoms in total. The summed E-state index contributed by atoms with van der Waals surface area (Å²) in [6.45, 7) is 3.70. The first-order valence-electron chi connectivity index (χ1n) is 8.08. The lowest BCUT2D eigenvalue weighted by Gasteiger charge is -2.15. The van der Waals surface area contributed by atoms with Gasteiger partial charge >= 0.3 is 0 Å². The van der Waals surface area contributed by atoms with Gasteiger partial charge in [-0.15, -0.1) is 0 Å². The first-order valence-corrected chi connectivity index (χ1v) is 9.28. The predicted octanol–water partition coefficient (Wildman–Crippen LogP) is 5.18. The van der Waals surface area contributed by atoms with Gasteiger partial charge in [0.15, 0.2) is 0 Å². The number of fused-ring (bicyclic) bond motifs is 2. The standard InChI is InChI=1S/C19H17ClN2OS/c1-12-15-11-14(20)5-7-17(15)24-18-6-4-13(10-16(18)21-12)19(23)22-8-2-3-9-22/h4-7,10-11H,2-3,8-9H2,1H3. The summed E-state index contributed by atoms with van der Waals surface area (Å²) in [6, 6.07) is 11.7. The highest BCUT2D eigenvalue weighted by molar-refractivity contribution is 7.99. The number of benzene rings is 2. The van der Waals surface area contributed by atoms with Gasteiger partial charge in [0.1, 0.15) is 0 Å². The molecule has 0 saturated carbocycles. The number of carbonyl (C=O) groups is 1. The van der Waals surface area contributed by atoms with Crippen LogP contribution in [0.15, 0.2) is 51.2 Å². The molecule has 1 amide bonds. The fraction of sp³-hybridized carbons (Fsp3) is 0.263. The van der Waals surface area contributed by atoms with Gasteiger partial charge in [0.2, 0.25) is 0 Å². The molecule has 2 aromatic carbocycles. The van der Waals surface area contributed by atoms with Gasteiger partial charge in [0, 0.05) is 44.7 Å². The molecule has 0 N–H and O–H groups in total. The molecule has 2 heterocycles. The molecule has 2 aromatic rings. The Balaban J connectivity index is 1.74. The molecule has 1 fully saturated rings. The molecular weight excluding hydrogens is 340 g/mol. The smallest absolute Gasteiger partial charge is 0.253 e. The molecule has 0 bridgehead atoms. The summed E-state index contributed by atoms with van der Waals surface area (Å²) in [5.41, 5.74) is 3.55. The van der Waals surface area contributed by atoms with Crippen molar-refractivity contribution in [1.29, 1.82) is 0 Å². The molecule has 0 spiro atoms. The van der Waals surface area contributed by atoms with E-state index in [1.807, 2.05) is 48.2 Å². The minimum atomic E-state index is 0.109. The van der Waals surface area contributed by atoms with Crippen molar-refractivity contribution in [2.75, 3.05) is 13.1 Å². The number of amides is 1. The van der Waals surface area contributed by atoms with E-state index in [1.165, 1.54) is 0 Å². The Bertz CT molecular complexity index is 856. The van der Waals surface area contributed by atoms with E-state index in [0.717, 1.165) is 58.2 Å². The molecule has 1 saturated heterocycles. The maximum atomic E-state index is 12.6. The van der Waals surface area contributed by atoms with E-state index >= 15 is 0 Å². The zero-order valence-electron chi connectivity index (χ0n) is 13.4. The van der Waals surface area contributed by atoms with Crippen LogP contribution in [-0.2, 0) is 0 Å². The fourth-order valence-corrected chi connectivity index (χ4v) is 4.37. The number of hydrogen-bond acceptors (Lipinski definition) is 3. The highest BCUT2D eigenvalue weighted by atomic mass is 35.5. The van der Waals surface area contributed by atoms with Gasteiger partial charge < -0.3 is 4.90 Å². The van der Waals surface area contributed by atoms with E-state index in [4.69, 9.17) is 16.6 Å². The third-order valence-corrected chi connectivity index (χ3v) is 5.81. The number of carbonyl (C=O) groups excluding carboxylic acids is 1. The Morgan fingerprint density at radius 3 is 2.67 bits per heavy atom. The van der Waals surface area contributed by atoms with Gasteiger partial charge in [-0.3, -0.25) is 9.79 Å². The number of nitrogens with zero attached hydrogens (tertiary/aromatic N) is 2.